The fourth-order valence-corrected chi connectivity index (χ4v) is 3.15. The fourth-order valence-electron chi connectivity index (χ4n) is 3.15. The topological polar surface area (TPSA) is 50.4 Å². The number of rotatable bonds is 6. The second kappa shape index (κ2) is 6.73. The molecule has 0 aromatic rings. The molecule has 0 bridgehead atoms. The molecule has 2 saturated carbocycles. The lowest BCUT2D eigenvalue weighted by Gasteiger charge is -2.61. The van der Waals surface area contributed by atoms with Crippen LogP contribution in [0.25, 0.3) is 0 Å². The molecule has 2 aliphatic carbocycles. The number of hydrogen-bond acceptors (Lipinski definition) is 3. The van der Waals surface area contributed by atoms with Crippen molar-refractivity contribution in [3.8, 4) is 0 Å². The lowest BCUT2D eigenvalue weighted by atomic mass is 9.51. The van der Waals surface area contributed by atoms with Crippen LogP contribution < -0.4 is 10.6 Å². The fraction of sp³-hybridized carbons (Fsp3) is 0.923. The average molecular weight is 277 g/mol. The van der Waals surface area contributed by atoms with E-state index in [0.717, 1.165) is 19.6 Å². The Labute approximate surface area is 116 Å². The van der Waals surface area contributed by atoms with E-state index in [1.165, 1.54) is 19.3 Å². The summed E-state index contributed by atoms with van der Waals surface area (Å²) in [5.74, 6) is 0.172. The first-order chi connectivity index (χ1) is 8.23. The molecular weight excluding hydrogens is 252 g/mol. The number of ether oxygens (including phenoxy) is 1. The van der Waals surface area contributed by atoms with Crippen molar-refractivity contribution in [1.29, 1.82) is 0 Å². The monoisotopic (exact) mass is 276 g/mol. The summed E-state index contributed by atoms with van der Waals surface area (Å²) in [7, 11) is 1.87. The van der Waals surface area contributed by atoms with Gasteiger partial charge in [-0.25, -0.2) is 0 Å². The highest BCUT2D eigenvalue weighted by Gasteiger charge is 2.59. The van der Waals surface area contributed by atoms with Crippen molar-refractivity contribution in [3.05, 3.63) is 0 Å². The molecule has 4 nitrogen and oxygen atoms in total. The molecule has 2 rings (SSSR count). The van der Waals surface area contributed by atoms with Gasteiger partial charge in [-0.1, -0.05) is 6.42 Å². The van der Waals surface area contributed by atoms with E-state index in [1.54, 1.807) is 0 Å². The minimum atomic E-state index is 0. The second-order valence-electron chi connectivity index (χ2n) is 5.24. The summed E-state index contributed by atoms with van der Waals surface area (Å²) in [5, 5.41) is 6.17. The van der Waals surface area contributed by atoms with E-state index < -0.39 is 0 Å². The maximum atomic E-state index is 11.7. The van der Waals surface area contributed by atoms with Crippen LogP contribution in [-0.2, 0) is 9.53 Å². The lowest BCUT2D eigenvalue weighted by molar-refractivity contribution is -0.175. The first kappa shape index (κ1) is 15.7. The minimum Gasteiger partial charge on any atom is -0.378 e. The number of hydrogen-bond donors (Lipinski definition) is 2. The molecule has 0 aromatic carbocycles. The van der Waals surface area contributed by atoms with Gasteiger partial charge in [0.15, 0.2) is 0 Å². The van der Waals surface area contributed by atoms with E-state index in [9.17, 15) is 4.79 Å². The van der Waals surface area contributed by atoms with Gasteiger partial charge in [0.25, 0.3) is 0 Å². The van der Waals surface area contributed by atoms with Crippen LogP contribution in [0.1, 0.15) is 39.0 Å². The molecule has 2 fully saturated rings. The van der Waals surface area contributed by atoms with Crippen molar-refractivity contribution in [3.63, 3.8) is 0 Å². The summed E-state index contributed by atoms with van der Waals surface area (Å²) in [5.41, 5.74) is 0.283. The van der Waals surface area contributed by atoms with Gasteiger partial charge < -0.3 is 15.4 Å². The van der Waals surface area contributed by atoms with Gasteiger partial charge >= 0.3 is 0 Å². The highest BCUT2D eigenvalue weighted by molar-refractivity contribution is 5.85. The SMILES string of the molecule is CCOC1CC(NC(=O)CCNC)C12CCC2.Cl. The zero-order chi connectivity index (χ0) is 12.3. The minimum absolute atomic E-state index is 0. The van der Waals surface area contributed by atoms with E-state index in [1.807, 2.05) is 14.0 Å². The van der Waals surface area contributed by atoms with Gasteiger partial charge in [0.2, 0.25) is 5.91 Å². The van der Waals surface area contributed by atoms with Crippen LogP contribution in [0, 0.1) is 5.41 Å². The molecule has 5 heteroatoms. The van der Waals surface area contributed by atoms with E-state index >= 15 is 0 Å². The Hall–Kier alpha value is -0.320. The van der Waals surface area contributed by atoms with Crippen molar-refractivity contribution in [1.82, 2.24) is 10.6 Å². The molecule has 0 radical (unpaired) electrons. The van der Waals surface area contributed by atoms with Gasteiger partial charge in [0.1, 0.15) is 0 Å². The van der Waals surface area contributed by atoms with Crippen molar-refractivity contribution >= 4 is 18.3 Å². The van der Waals surface area contributed by atoms with E-state index in [0.29, 0.717) is 18.6 Å². The predicted molar refractivity (Wildman–Crippen MR) is 74.0 cm³/mol. The van der Waals surface area contributed by atoms with Crippen LogP contribution in [0.3, 0.4) is 0 Å². The van der Waals surface area contributed by atoms with Crippen molar-refractivity contribution in [2.45, 2.75) is 51.2 Å². The Morgan fingerprint density at radius 1 is 1.44 bits per heavy atom. The Balaban J connectivity index is 0.00000162. The molecular formula is C13H25ClN2O2. The predicted octanol–water partition coefficient (Wildman–Crippen LogP) is 1.48. The van der Waals surface area contributed by atoms with Crippen molar-refractivity contribution in [2.75, 3.05) is 20.2 Å². The van der Waals surface area contributed by atoms with Gasteiger partial charge in [0, 0.05) is 31.0 Å². The highest BCUT2D eigenvalue weighted by atomic mass is 35.5. The molecule has 18 heavy (non-hydrogen) atoms. The molecule has 106 valence electrons. The normalized spacial score (nSPS) is 27.9. The average Bonchev–Trinajstić information content (AvgIpc) is 2.22. The van der Waals surface area contributed by atoms with Gasteiger partial charge in [-0.2, -0.15) is 0 Å². The number of nitrogens with one attached hydrogen (secondary N) is 2. The standard InChI is InChI=1S/C13H24N2O2.ClH/c1-3-17-11-9-10(13(11)6-4-7-13)15-12(16)5-8-14-2;/h10-11,14H,3-9H2,1-2H3,(H,15,16);1H. The summed E-state index contributed by atoms with van der Waals surface area (Å²) in [4.78, 5) is 11.7. The molecule has 2 N–H and O–H groups in total. The Morgan fingerprint density at radius 2 is 2.17 bits per heavy atom. The maximum Gasteiger partial charge on any atom is 0.221 e. The van der Waals surface area contributed by atoms with Gasteiger partial charge in [-0.3, -0.25) is 4.79 Å². The van der Waals surface area contributed by atoms with Gasteiger partial charge in [-0.05, 0) is 33.2 Å². The molecule has 0 heterocycles. The van der Waals surface area contributed by atoms with Crippen LogP contribution in [0.5, 0.6) is 0 Å². The van der Waals surface area contributed by atoms with Crippen LogP contribution >= 0.6 is 12.4 Å². The molecule has 0 saturated heterocycles. The number of carbonyl (C=O) groups is 1. The second-order valence-corrected chi connectivity index (χ2v) is 5.24. The Kier molecular flexibility index (Phi) is 5.89. The molecule has 2 atom stereocenters. The third kappa shape index (κ3) is 2.81. The quantitative estimate of drug-likeness (QED) is 0.773. The summed E-state index contributed by atoms with van der Waals surface area (Å²) in [6.07, 6.45) is 5.67. The molecule has 2 aliphatic rings. The van der Waals surface area contributed by atoms with Crippen LogP contribution in [0.15, 0.2) is 0 Å². The number of amides is 1. The largest absolute Gasteiger partial charge is 0.378 e. The first-order valence-electron chi connectivity index (χ1n) is 6.78. The molecule has 0 aliphatic heterocycles. The van der Waals surface area contributed by atoms with Crippen molar-refractivity contribution in [2.24, 2.45) is 5.41 Å². The van der Waals surface area contributed by atoms with E-state index in [4.69, 9.17) is 4.74 Å². The molecule has 1 spiro atoms. The lowest BCUT2D eigenvalue weighted by Crippen LogP contribution is -2.67. The summed E-state index contributed by atoms with van der Waals surface area (Å²) >= 11 is 0. The van der Waals surface area contributed by atoms with E-state index in [2.05, 4.69) is 10.6 Å². The molecule has 1 amide bonds. The maximum absolute atomic E-state index is 11.7. The van der Waals surface area contributed by atoms with Gasteiger partial charge in [-0.15, -0.1) is 12.4 Å². The third-order valence-corrected chi connectivity index (χ3v) is 4.37. The zero-order valence-corrected chi connectivity index (χ0v) is 12.1. The number of carbonyl (C=O) groups excluding carboxylic acids is 1. The molecule has 0 aromatic heterocycles. The summed E-state index contributed by atoms with van der Waals surface area (Å²) in [6.45, 7) is 3.58. The Morgan fingerprint density at radius 3 is 2.67 bits per heavy atom. The van der Waals surface area contributed by atoms with Crippen LogP contribution in [-0.4, -0.2) is 38.3 Å². The van der Waals surface area contributed by atoms with Crippen molar-refractivity contribution < 1.29 is 9.53 Å². The smallest absolute Gasteiger partial charge is 0.221 e. The zero-order valence-electron chi connectivity index (χ0n) is 11.3. The summed E-state index contributed by atoms with van der Waals surface area (Å²) < 4.78 is 5.76. The molecule has 2 unspecified atom stereocenters. The van der Waals surface area contributed by atoms with Crippen LogP contribution in [0.4, 0.5) is 0 Å². The van der Waals surface area contributed by atoms with E-state index in [-0.39, 0.29) is 23.7 Å². The van der Waals surface area contributed by atoms with Gasteiger partial charge in [0.05, 0.1) is 6.10 Å². The van der Waals surface area contributed by atoms with Crippen LogP contribution in [0.2, 0.25) is 0 Å². The summed E-state index contributed by atoms with van der Waals surface area (Å²) in [6, 6.07) is 0.358. The Bertz CT molecular complexity index is 282. The third-order valence-electron chi connectivity index (χ3n) is 4.37. The highest BCUT2D eigenvalue weighted by Crippen LogP contribution is 2.57. The first-order valence-corrected chi connectivity index (χ1v) is 6.78. The number of halogens is 1.